The van der Waals surface area contributed by atoms with Gasteiger partial charge in [0.05, 0.1) is 35.3 Å². The van der Waals surface area contributed by atoms with Crippen molar-refractivity contribution in [3.63, 3.8) is 0 Å². The molecule has 4 heterocycles. The second-order valence-corrected chi connectivity index (χ2v) is 10.5. The van der Waals surface area contributed by atoms with E-state index in [0.29, 0.717) is 13.1 Å². The molecule has 0 spiro atoms. The Morgan fingerprint density at radius 1 is 1.21 bits per heavy atom. The lowest BCUT2D eigenvalue weighted by atomic mass is 10.0. The molecular weight excluding hydrogens is 539 g/mol. The van der Waals surface area contributed by atoms with E-state index in [2.05, 4.69) is 26.1 Å². The summed E-state index contributed by atoms with van der Waals surface area (Å²) in [5, 5.41) is 21.9. The van der Waals surface area contributed by atoms with Crippen LogP contribution in [0.4, 0.5) is 13.2 Å². The van der Waals surface area contributed by atoms with Gasteiger partial charge in [0, 0.05) is 36.4 Å². The van der Waals surface area contributed by atoms with Crippen LogP contribution in [0.5, 0.6) is 0 Å². The lowest BCUT2D eigenvalue weighted by Crippen LogP contribution is -2.28. The summed E-state index contributed by atoms with van der Waals surface area (Å²) >= 11 is 0. The Kier molecular flexibility index (Phi) is 7.98. The second kappa shape index (κ2) is 11.2. The van der Waals surface area contributed by atoms with Crippen LogP contribution < -0.4 is 0 Å². The number of fused-ring (bicyclic) bond motifs is 1. The number of carbonyl (C=O) groups is 1. The van der Waals surface area contributed by atoms with E-state index in [0.717, 1.165) is 40.7 Å². The van der Waals surface area contributed by atoms with E-state index in [-0.39, 0.29) is 11.3 Å². The molecule has 1 saturated heterocycles. The van der Waals surface area contributed by atoms with Crippen LogP contribution in [0, 0.1) is 11.3 Å². The number of hydrogen-bond donors (Lipinski definition) is 2. The Labute approximate surface area is 220 Å². The van der Waals surface area contributed by atoms with Gasteiger partial charge in [-0.05, 0) is 36.6 Å². The van der Waals surface area contributed by atoms with Crippen LogP contribution in [0.3, 0.4) is 0 Å². The number of carboxylic acid groups (broad SMARTS) is 1. The van der Waals surface area contributed by atoms with E-state index < -0.39 is 28.2 Å². The van der Waals surface area contributed by atoms with Gasteiger partial charge in [0.25, 0.3) is 0 Å². The van der Waals surface area contributed by atoms with Crippen molar-refractivity contribution in [1.82, 2.24) is 29.0 Å². The van der Waals surface area contributed by atoms with Crippen molar-refractivity contribution in [2.45, 2.75) is 36.4 Å². The number of nitrogens with one attached hydrogen (secondary N) is 1. The Bertz CT molecular complexity index is 1620. The minimum absolute atomic E-state index is 0.150. The van der Waals surface area contributed by atoms with Gasteiger partial charge in [-0.3, -0.25) is 4.68 Å². The molecule has 1 aromatic carbocycles. The fourth-order valence-electron chi connectivity index (χ4n) is 4.14. The van der Waals surface area contributed by atoms with E-state index in [1.165, 1.54) is 10.6 Å². The fraction of sp³-hybridized carbons (Fsp3) is 0.292. The smallest absolute Gasteiger partial charge is 0.475 e. The summed E-state index contributed by atoms with van der Waals surface area (Å²) in [4.78, 5) is 20.8. The lowest BCUT2D eigenvalue weighted by molar-refractivity contribution is -0.192. The molecule has 0 radical (unpaired) electrons. The van der Waals surface area contributed by atoms with Gasteiger partial charge >= 0.3 is 12.1 Å². The quantitative estimate of drug-likeness (QED) is 0.360. The topological polar surface area (TPSA) is 158 Å². The predicted molar refractivity (Wildman–Crippen MR) is 132 cm³/mol. The molecule has 3 aromatic heterocycles. The normalized spacial score (nSPS) is 14.9. The summed E-state index contributed by atoms with van der Waals surface area (Å²) in [7, 11) is -3.55. The first-order valence-corrected chi connectivity index (χ1v) is 13.1. The highest BCUT2D eigenvalue weighted by Gasteiger charge is 2.38. The molecule has 11 nitrogen and oxygen atoms in total. The molecule has 0 amide bonds. The number of alkyl halides is 3. The van der Waals surface area contributed by atoms with E-state index in [4.69, 9.17) is 9.90 Å². The summed E-state index contributed by atoms with van der Waals surface area (Å²) in [5.74, 6) is -2.76. The highest BCUT2D eigenvalue weighted by atomic mass is 32.2. The average Bonchev–Trinajstić information content (AvgIpc) is 3.68. The maximum atomic E-state index is 13.0. The Morgan fingerprint density at radius 3 is 2.59 bits per heavy atom. The first-order chi connectivity index (χ1) is 18.5. The number of H-pyrrole nitrogens is 1. The Morgan fingerprint density at radius 2 is 1.92 bits per heavy atom. The molecule has 1 aliphatic heterocycles. The van der Waals surface area contributed by atoms with Gasteiger partial charge in [0.1, 0.15) is 12.0 Å². The van der Waals surface area contributed by atoms with Gasteiger partial charge in [-0.1, -0.05) is 12.1 Å². The number of aromatic amines is 1. The van der Waals surface area contributed by atoms with Crippen molar-refractivity contribution < 1.29 is 31.5 Å². The third-order valence-corrected chi connectivity index (χ3v) is 7.92. The van der Waals surface area contributed by atoms with Gasteiger partial charge in [-0.15, -0.1) is 0 Å². The molecule has 1 atom stereocenters. The minimum atomic E-state index is -5.08. The number of nitriles is 1. The highest BCUT2D eigenvalue weighted by molar-refractivity contribution is 7.89. The molecule has 204 valence electrons. The summed E-state index contributed by atoms with van der Waals surface area (Å²) in [5.41, 5.74) is 2.98. The number of sulfonamides is 1. The summed E-state index contributed by atoms with van der Waals surface area (Å²) in [6, 6.07) is 10.5. The van der Waals surface area contributed by atoms with Gasteiger partial charge < -0.3 is 10.1 Å². The maximum Gasteiger partial charge on any atom is 0.490 e. The molecule has 39 heavy (non-hydrogen) atoms. The maximum absolute atomic E-state index is 13.0. The fourth-order valence-corrected chi connectivity index (χ4v) is 5.72. The summed E-state index contributed by atoms with van der Waals surface area (Å²) < 4.78 is 61.0. The molecule has 0 aliphatic carbocycles. The third kappa shape index (κ3) is 6.07. The number of aromatic nitrogens is 5. The Balaban J connectivity index is 0.000000448. The average molecular weight is 562 g/mol. The monoisotopic (exact) mass is 561 g/mol. The largest absolute Gasteiger partial charge is 0.490 e. The zero-order valence-corrected chi connectivity index (χ0v) is 21.0. The molecule has 1 aliphatic rings. The van der Waals surface area contributed by atoms with Gasteiger partial charge in [0.2, 0.25) is 10.0 Å². The third-order valence-electron chi connectivity index (χ3n) is 6.02. The number of benzene rings is 1. The number of rotatable bonds is 6. The number of carboxylic acids is 1. The number of hydrogen-bond acceptors (Lipinski definition) is 7. The zero-order valence-electron chi connectivity index (χ0n) is 20.2. The summed E-state index contributed by atoms with van der Waals surface area (Å²) in [6.45, 7) is 1.09. The molecular formula is C24H22F3N7O4S. The molecule has 5 rings (SSSR count). The van der Waals surface area contributed by atoms with E-state index >= 15 is 0 Å². The molecule has 1 unspecified atom stereocenters. The van der Waals surface area contributed by atoms with Crippen molar-refractivity contribution >= 4 is 27.0 Å². The number of aliphatic carboxylic acids is 1. The van der Waals surface area contributed by atoms with Crippen molar-refractivity contribution in [2.24, 2.45) is 0 Å². The van der Waals surface area contributed by atoms with Gasteiger partial charge in [-0.2, -0.15) is 27.8 Å². The number of halogens is 3. The first kappa shape index (κ1) is 27.7. The Hall–Kier alpha value is -4.29. The molecule has 4 aromatic rings. The molecule has 0 saturated carbocycles. The van der Waals surface area contributed by atoms with Gasteiger partial charge in [-0.25, -0.2) is 23.2 Å². The van der Waals surface area contributed by atoms with Crippen LogP contribution in [0.2, 0.25) is 0 Å². The SMILES string of the molecule is N#CCC(c1cccc(S(=O)(=O)N2CCCC2)c1)n1cc(-c2ncnc3[nH]ccc23)cn1.O=C(O)C(F)(F)F. The van der Waals surface area contributed by atoms with Crippen molar-refractivity contribution in [2.75, 3.05) is 13.1 Å². The minimum Gasteiger partial charge on any atom is -0.475 e. The van der Waals surface area contributed by atoms with E-state index in [1.807, 2.05) is 18.3 Å². The van der Waals surface area contributed by atoms with Crippen LogP contribution in [0.1, 0.15) is 30.9 Å². The van der Waals surface area contributed by atoms with Crippen LogP contribution >= 0.6 is 0 Å². The van der Waals surface area contributed by atoms with Crippen LogP contribution in [-0.2, 0) is 14.8 Å². The first-order valence-electron chi connectivity index (χ1n) is 11.6. The molecule has 2 N–H and O–H groups in total. The number of nitrogens with zero attached hydrogens (tertiary/aromatic N) is 6. The second-order valence-electron chi connectivity index (χ2n) is 8.54. The zero-order chi connectivity index (χ0) is 28.2. The van der Waals surface area contributed by atoms with Crippen LogP contribution in [0.25, 0.3) is 22.3 Å². The predicted octanol–water partition coefficient (Wildman–Crippen LogP) is 3.74. The molecule has 15 heteroatoms. The van der Waals surface area contributed by atoms with E-state index in [9.17, 15) is 26.9 Å². The lowest BCUT2D eigenvalue weighted by Gasteiger charge is -2.19. The van der Waals surface area contributed by atoms with E-state index in [1.54, 1.807) is 35.3 Å². The van der Waals surface area contributed by atoms with Gasteiger partial charge in [0.15, 0.2) is 0 Å². The highest BCUT2D eigenvalue weighted by Crippen LogP contribution is 2.29. The molecule has 1 fully saturated rings. The standard InChI is InChI=1S/C22H21N7O2S.C2HF3O2/c23-8-6-20(16-4-3-5-18(12-16)32(30,31)28-10-1-2-11-28)29-14-17(13-27-29)21-19-7-9-24-22(19)26-15-25-21;3-2(4,5)1(6)7/h3-5,7,9,12-15,20H,1-2,6,10-11H2,(H,24,25,26);(H,6,7). The van der Waals surface area contributed by atoms with Crippen molar-refractivity contribution in [3.8, 4) is 17.3 Å². The summed E-state index contributed by atoms with van der Waals surface area (Å²) in [6.07, 6.45) is 3.65. The van der Waals surface area contributed by atoms with Crippen LogP contribution in [0.15, 0.2) is 60.1 Å². The van der Waals surface area contributed by atoms with Crippen molar-refractivity contribution in [1.29, 1.82) is 5.26 Å². The van der Waals surface area contributed by atoms with Crippen LogP contribution in [-0.4, -0.2) is 67.8 Å². The molecule has 0 bridgehead atoms. The van der Waals surface area contributed by atoms with Crippen molar-refractivity contribution in [3.05, 3.63) is 60.8 Å².